The van der Waals surface area contributed by atoms with Crippen LogP contribution >= 0.6 is 11.6 Å². The van der Waals surface area contributed by atoms with Crippen molar-refractivity contribution in [2.24, 2.45) is 0 Å². The van der Waals surface area contributed by atoms with Gasteiger partial charge in [-0.2, -0.15) is 0 Å². The number of carbonyl (C=O) groups excluding carboxylic acids is 2. The van der Waals surface area contributed by atoms with Crippen molar-refractivity contribution in [3.8, 4) is 5.75 Å². The highest BCUT2D eigenvalue weighted by atomic mass is 35.5. The Morgan fingerprint density at radius 3 is 2.60 bits per heavy atom. The zero-order valence-electron chi connectivity index (χ0n) is 14.3. The first-order valence-corrected chi connectivity index (χ1v) is 8.39. The SMILES string of the molecule is CCC(=O)Oc1c(N)cccc1N1C(=O)C(C)(C)c2cccc(Cl)c21. The highest BCUT2D eigenvalue weighted by Crippen LogP contribution is 2.51. The lowest BCUT2D eigenvalue weighted by Gasteiger charge is -2.23. The molecule has 130 valence electrons. The number of nitrogens with zero attached hydrogens (tertiary/aromatic N) is 1. The second-order valence-corrected chi connectivity index (χ2v) is 6.83. The number of carbonyl (C=O) groups is 2. The van der Waals surface area contributed by atoms with Crippen molar-refractivity contribution >= 4 is 40.5 Å². The predicted molar refractivity (Wildman–Crippen MR) is 98.4 cm³/mol. The molecular weight excluding hydrogens is 340 g/mol. The fraction of sp³-hybridized carbons (Fsp3) is 0.263. The van der Waals surface area contributed by atoms with Gasteiger partial charge in [-0.1, -0.05) is 36.7 Å². The summed E-state index contributed by atoms with van der Waals surface area (Å²) in [7, 11) is 0. The third kappa shape index (κ3) is 2.65. The third-order valence-corrected chi connectivity index (χ3v) is 4.70. The summed E-state index contributed by atoms with van der Waals surface area (Å²) in [4.78, 5) is 26.4. The van der Waals surface area contributed by atoms with Gasteiger partial charge in [0.15, 0.2) is 5.75 Å². The molecule has 6 heteroatoms. The largest absolute Gasteiger partial charge is 0.422 e. The summed E-state index contributed by atoms with van der Waals surface area (Å²) in [6.07, 6.45) is 0.199. The van der Waals surface area contributed by atoms with Gasteiger partial charge in [-0.15, -0.1) is 0 Å². The smallest absolute Gasteiger partial charge is 0.311 e. The molecule has 0 fully saturated rings. The van der Waals surface area contributed by atoms with Gasteiger partial charge >= 0.3 is 5.97 Å². The van der Waals surface area contributed by atoms with Crippen LogP contribution in [0.3, 0.4) is 0 Å². The van der Waals surface area contributed by atoms with Crippen LogP contribution in [0.1, 0.15) is 32.8 Å². The first-order chi connectivity index (χ1) is 11.8. The molecule has 2 aromatic rings. The fourth-order valence-electron chi connectivity index (χ4n) is 2.99. The predicted octanol–water partition coefficient (Wildman–Crippen LogP) is 4.19. The number of amides is 1. The Bertz CT molecular complexity index is 877. The number of ether oxygens (including phenoxy) is 1. The van der Waals surface area contributed by atoms with Gasteiger partial charge in [0, 0.05) is 6.42 Å². The molecule has 1 aliphatic rings. The zero-order valence-corrected chi connectivity index (χ0v) is 15.1. The van der Waals surface area contributed by atoms with Gasteiger partial charge in [0.1, 0.15) is 0 Å². The van der Waals surface area contributed by atoms with Crippen molar-refractivity contribution in [1.82, 2.24) is 0 Å². The van der Waals surface area contributed by atoms with Crippen LogP contribution in [0.25, 0.3) is 0 Å². The molecule has 0 saturated carbocycles. The summed E-state index contributed by atoms with van der Waals surface area (Å²) in [5.74, 6) is -0.411. The number of nitrogens with two attached hydrogens (primary N) is 1. The quantitative estimate of drug-likeness (QED) is 0.507. The number of para-hydroxylation sites is 2. The highest BCUT2D eigenvalue weighted by Gasteiger charge is 2.46. The van der Waals surface area contributed by atoms with Crippen LogP contribution < -0.4 is 15.4 Å². The van der Waals surface area contributed by atoms with Gasteiger partial charge in [-0.25, -0.2) is 0 Å². The topological polar surface area (TPSA) is 72.6 Å². The van der Waals surface area contributed by atoms with E-state index in [2.05, 4.69) is 0 Å². The van der Waals surface area contributed by atoms with E-state index >= 15 is 0 Å². The van der Waals surface area contributed by atoms with Crippen LogP contribution in [-0.4, -0.2) is 11.9 Å². The van der Waals surface area contributed by atoms with E-state index in [1.165, 1.54) is 4.90 Å². The molecule has 1 amide bonds. The molecule has 0 saturated heterocycles. The standard InChI is InChI=1S/C19H19ClN2O3/c1-4-15(23)25-17-13(21)9-6-10-14(17)22-16-11(7-5-8-12(16)20)19(2,3)18(22)24/h5-10H,4,21H2,1-3H3. The van der Waals surface area contributed by atoms with Gasteiger partial charge in [-0.3, -0.25) is 14.5 Å². The fourth-order valence-corrected chi connectivity index (χ4v) is 3.25. The molecule has 5 nitrogen and oxygen atoms in total. The molecule has 0 aliphatic carbocycles. The van der Waals surface area contributed by atoms with E-state index in [0.717, 1.165) is 5.56 Å². The van der Waals surface area contributed by atoms with Crippen LogP contribution in [0, 0.1) is 0 Å². The Labute approximate surface area is 151 Å². The molecule has 25 heavy (non-hydrogen) atoms. The van der Waals surface area contributed by atoms with E-state index in [1.807, 2.05) is 26.0 Å². The van der Waals surface area contributed by atoms with E-state index in [4.69, 9.17) is 22.1 Å². The number of rotatable bonds is 3. The molecule has 0 atom stereocenters. The Morgan fingerprint density at radius 2 is 1.92 bits per heavy atom. The molecule has 0 aromatic heterocycles. The van der Waals surface area contributed by atoms with Gasteiger partial charge in [0.25, 0.3) is 0 Å². The van der Waals surface area contributed by atoms with E-state index < -0.39 is 11.4 Å². The van der Waals surface area contributed by atoms with Crippen LogP contribution in [0.2, 0.25) is 5.02 Å². The van der Waals surface area contributed by atoms with Crippen molar-refractivity contribution < 1.29 is 14.3 Å². The molecule has 2 N–H and O–H groups in total. The zero-order chi connectivity index (χ0) is 18.4. The van der Waals surface area contributed by atoms with Gasteiger partial charge in [-0.05, 0) is 37.6 Å². The Kier molecular flexibility index (Phi) is 4.21. The molecule has 2 aromatic carbocycles. The number of halogens is 1. The van der Waals surface area contributed by atoms with Crippen LogP contribution in [0.15, 0.2) is 36.4 Å². The average Bonchev–Trinajstić information content (AvgIpc) is 2.78. The van der Waals surface area contributed by atoms with E-state index in [9.17, 15) is 9.59 Å². The Balaban J connectivity index is 2.24. The molecule has 0 spiro atoms. The molecule has 1 aliphatic heterocycles. The maximum Gasteiger partial charge on any atom is 0.311 e. The minimum Gasteiger partial charge on any atom is -0.422 e. The Hall–Kier alpha value is -2.53. The minimum atomic E-state index is -0.753. The van der Waals surface area contributed by atoms with E-state index in [-0.39, 0.29) is 23.8 Å². The summed E-state index contributed by atoms with van der Waals surface area (Å²) in [5.41, 5.74) is 7.37. The third-order valence-electron chi connectivity index (χ3n) is 4.39. The molecule has 0 unspecified atom stereocenters. The van der Waals surface area contributed by atoms with E-state index in [1.54, 1.807) is 31.2 Å². The van der Waals surface area contributed by atoms with Gasteiger partial charge in [0.05, 0.1) is 27.5 Å². The second kappa shape index (κ2) is 6.08. The number of anilines is 3. The van der Waals surface area contributed by atoms with Crippen LogP contribution in [0.5, 0.6) is 5.75 Å². The number of hydrogen-bond donors (Lipinski definition) is 1. The maximum absolute atomic E-state index is 13.1. The van der Waals surface area contributed by atoms with Gasteiger partial charge < -0.3 is 10.5 Å². The second-order valence-electron chi connectivity index (χ2n) is 6.42. The first-order valence-electron chi connectivity index (χ1n) is 8.01. The molecule has 1 heterocycles. The lowest BCUT2D eigenvalue weighted by molar-refractivity contribution is -0.134. The molecule has 3 rings (SSSR count). The Morgan fingerprint density at radius 1 is 1.24 bits per heavy atom. The van der Waals surface area contributed by atoms with Crippen molar-refractivity contribution in [3.05, 3.63) is 47.0 Å². The van der Waals surface area contributed by atoms with Crippen LogP contribution in [0.4, 0.5) is 17.1 Å². The summed E-state index contributed by atoms with van der Waals surface area (Å²) >= 11 is 6.40. The highest BCUT2D eigenvalue weighted by molar-refractivity contribution is 6.35. The van der Waals surface area contributed by atoms with Crippen molar-refractivity contribution in [1.29, 1.82) is 0 Å². The van der Waals surface area contributed by atoms with Crippen molar-refractivity contribution in [2.45, 2.75) is 32.6 Å². The maximum atomic E-state index is 13.1. The molecular formula is C19H19ClN2O3. The number of hydrogen-bond acceptors (Lipinski definition) is 4. The monoisotopic (exact) mass is 358 g/mol. The molecule has 0 bridgehead atoms. The summed E-state index contributed by atoms with van der Waals surface area (Å²) in [6, 6.07) is 10.5. The van der Waals surface area contributed by atoms with Crippen molar-refractivity contribution in [3.63, 3.8) is 0 Å². The normalized spacial score (nSPS) is 15.2. The lowest BCUT2D eigenvalue weighted by atomic mass is 9.86. The summed E-state index contributed by atoms with van der Waals surface area (Å²) in [5, 5.41) is 0.451. The summed E-state index contributed by atoms with van der Waals surface area (Å²) < 4.78 is 5.41. The lowest BCUT2D eigenvalue weighted by Crippen LogP contribution is -2.33. The average molecular weight is 359 g/mol. The molecule has 0 radical (unpaired) electrons. The number of fused-ring (bicyclic) bond motifs is 1. The number of esters is 1. The first kappa shape index (κ1) is 17.3. The summed E-state index contributed by atoms with van der Waals surface area (Å²) in [6.45, 7) is 5.38. The number of benzene rings is 2. The van der Waals surface area contributed by atoms with Crippen LogP contribution in [-0.2, 0) is 15.0 Å². The minimum absolute atomic E-state index is 0.157. The van der Waals surface area contributed by atoms with Gasteiger partial charge in [0.2, 0.25) is 5.91 Å². The van der Waals surface area contributed by atoms with E-state index in [0.29, 0.717) is 16.4 Å². The number of nitrogen functional groups attached to an aromatic ring is 1. The van der Waals surface area contributed by atoms with Crippen molar-refractivity contribution in [2.75, 3.05) is 10.6 Å².